The molecular formula is C12H17N3O4. The van der Waals surface area contributed by atoms with Gasteiger partial charge in [-0.1, -0.05) is 13.8 Å². The molecule has 0 aliphatic heterocycles. The highest BCUT2D eigenvalue weighted by atomic mass is 16.6. The summed E-state index contributed by atoms with van der Waals surface area (Å²) in [6.07, 6.45) is 0.484. The number of nitrogens with one attached hydrogen (secondary N) is 1. The molecule has 0 aliphatic rings. The molecular weight excluding hydrogens is 250 g/mol. The molecule has 4 N–H and O–H groups in total. The number of carbonyl (C=O) groups excluding carboxylic acids is 1. The quantitative estimate of drug-likeness (QED) is 0.425. The Morgan fingerprint density at radius 2 is 2.16 bits per heavy atom. The Morgan fingerprint density at radius 1 is 1.53 bits per heavy atom. The lowest BCUT2D eigenvalue weighted by molar-refractivity contribution is -0.384. The van der Waals surface area contributed by atoms with Crippen LogP contribution in [0.2, 0.25) is 0 Å². The molecule has 1 atom stereocenters. The van der Waals surface area contributed by atoms with Crippen LogP contribution in [-0.4, -0.2) is 22.0 Å². The van der Waals surface area contributed by atoms with Crippen LogP contribution in [0.1, 0.15) is 20.3 Å². The predicted octanol–water partition coefficient (Wildman–Crippen LogP) is 1.61. The van der Waals surface area contributed by atoms with Crippen LogP contribution in [0.25, 0.3) is 0 Å². The van der Waals surface area contributed by atoms with Crippen LogP contribution >= 0.6 is 0 Å². The fourth-order valence-corrected chi connectivity index (χ4v) is 1.62. The largest absolute Gasteiger partial charge is 0.508 e. The van der Waals surface area contributed by atoms with E-state index >= 15 is 0 Å². The van der Waals surface area contributed by atoms with Gasteiger partial charge in [-0.3, -0.25) is 14.9 Å². The molecule has 1 aromatic rings. The van der Waals surface area contributed by atoms with Crippen molar-refractivity contribution in [3.63, 3.8) is 0 Å². The molecule has 7 nitrogen and oxygen atoms in total. The van der Waals surface area contributed by atoms with Crippen LogP contribution < -0.4 is 11.1 Å². The maximum absolute atomic E-state index is 11.8. The van der Waals surface area contributed by atoms with Gasteiger partial charge in [0.15, 0.2) is 0 Å². The lowest BCUT2D eigenvalue weighted by Gasteiger charge is -2.14. The van der Waals surface area contributed by atoms with E-state index in [4.69, 9.17) is 5.73 Å². The van der Waals surface area contributed by atoms with E-state index in [1.54, 1.807) is 0 Å². The van der Waals surface area contributed by atoms with Crippen LogP contribution in [0, 0.1) is 16.0 Å². The maximum Gasteiger partial charge on any atom is 0.296 e. The molecule has 0 unspecified atom stereocenters. The Morgan fingerprint density at radius 3 is 2.68 bits per heavy atom. The lowest BCUT2D eigenvalue weighted by atomic mass is 10.0. The van der Waals surface area contributed by atoms with Gasteiger partial charge in [-0.25, -0.2) is 0 Å². The summed E-state index contributed by atoms with van der Waals surface area (Å²) >= 11 is 0. The van der Waals surface area contributed by atoms with Gasteiger partial charge < -0.3 is 16.2 Å². The highest BCUT2D eigenvalue weighted by Gasteiger charge is 2.20. The molecule has 0 saturated carbocycles. The SMILES string of the molecule is CC(C)C[C@@H](N)C(=O)Nc1ccc(O)cc1[N+](=O)[O-]. The molecule has 0 saturated heterocycles. The van der Waals surface area contributed by atoms with E-state index in [0.717, 1.165) is 6.07 Å². The first kappa shape index (κ1) is 14.9. The van der Waals surface area contributed by atoms with Gasteiger partial charge in [-0.05, 0) is 24.5 Å². The summed E-state index contributed by atoms with van der Waals surface area (Å²) in [6.45, 7) is 3.85. The Labute approximate surface area is 110 Å². The number of hydrogen-bond donors (Lipinski definition) is 3. The highest BCUT2D eigenvalue weighted by molar-refractivity contribution is 5.96. The zero-order valence-electron chi connectivity index (χ0n) is 10.8. The number of nitro benzene ring substituents is 1. The van der Waals surface area contributed by atoms with E-state index < -0.39 is 16.9 Å². The maximum atomic E-state index is 11.8. The van der Waals surface area contributed by atoms with Crippen molar-refractivity contribution in [2.75, 3.05) is 5.32 Å². The van der Waals surface area contributed by atoms with Gasteiger partial charge in [0.05, 0.1) is 17.0 Å². The summed E-state index contributed by atoms with van der Waals surface area (Å²) in [6, 6.07) is 2.78. The van der Waals surface area contributed by atoms with Crippen LogP contribution in [0.4, 0.5) is 11.4 Å². The van der Waals surface area contributed by atoms with E-state index in [2.05, 4.69) is 5.32 Å². The molecule has 19 heavy (non-hydrogen) atoms. The summed E-state index contributed by atoms with van der Waals surface area (Å²) in [5.74, 6) is -0.478. The molecule has 0 aliphatic carbocycles. The van der Waals surface area contributed by atoms with Gasteiger partial charge in [0, 0.05) is 0 Å². The number of nitrogens with two attached hydrogens (primary N) is 1. The molecule has 0 bridgehead atoms. The molecule has 1 aromatic carbocycles. The normalized spacial score (nSPS) is 12.2. The van der Waals surface area contributed by atoms with Crippen LogP contribution in [-0.2, 0) is 4.79 Å². The summed E-state index contributed by atoms with van der Waals surface area (Å²) in [4.78, 5) is 21.9. The minimum absolute atomic E-state index is 0.0204. The molecule has 0 spiro atoms. The van der Waals surface area contributed by atoms with Crippen molar-refractivity contribution < 1.29 is 14.8 Å². The molecule has 7 heteroatoms. The van der Waals surface area contributed by atoms with Crippen molar-refractivity contribution in [2.45, 2.75) is 26.3 Å². The first-order valence-corrected chi connectivity index (χ1v) is 5.85. The molecule has 104 valence electrons. The number of amides is 1. The minimum atomic E-state index is -0.728. The van der Waals surface area contributed by atoms with E-state index in [9.17, 15) is 20.0 Å². The number of carbonyl (C=O) groups is 1. The first-order chi connectivity index (χ1) is 8.81. The Hall–Kier alpha value is -2.15. The summed E-state index contributed by atoms with van der Waals surface area (Å²) in [5.41, 5.74) is 5.34. The number of phenols is 1. The summed E-state index contributed by atoms with van der Waals surface area (Å²) in [5, 5.41) is 22.4. The number of aromatic hydroxyl groups is 1. The van der Waals surface area contributed by atoms with Crippen molar-refractivity contribution >= 4 is 17.3 Å². The smallest absolute Gasteiger partial charge is 0.296 e. The predicted molar refractivity (Wildman–Crippen MR) is 70.8 cm³/mol. The van der Waals surface area contributed by atoms with Gasteiger partial charge in [0.2, 0.25) is 5.91 Å². The van der Waals surface area contributed by atoms with E-state index in [0.29, 0.717) is 6.42 Å². The van der Waals surface area contributed by atoms with Gasteiger partial charge in [-0.15, -0.1) is 0 Å². The number of rotatable bonds is 5. The van der Waals surface area contributed by atoms with E-state index in [1.165, 1.54) is 12.1 Å². The Balaban J connectivity index is 2.87. The molecule has 0 heterocycles. The molecule has 1 amide bonds. The topological polar surface area (TPSA) is 118 Å². The second kappa shape index (κ2) is 6.14. The third-order valence-corrected chi connectivity index (χ3v) is 2.50. The fourth-order valence-electron chi connectivity index (χ4n) is 1.62. The second-order valence-electron chi connectivity index (χ2n) is 4.68. The molecule has 0 radical (unpaired) electrons. The third-order valence-electron chi connectivity index (χ3n) is 2.50. The number of nitrogens with zero attached hydrogens (tertiary/aromatic N) is 1. The zero-order chi connectivity index (χ0) is 14.6. The third kappa shape index (κ3) is 4.22. The zero-order valence-corrected chi connectivity index (χ0v) is 10.8. The number of anilines is 1. The molecule has 0 fully saturated rings. The van der Waals surface area contributed by atoms with Crippen molar-refractivity contribution in [3.8, 4) is 5.75 Å². The van der Waals surface area contributed by atoms with E-state index in [1.807, 2.05) is 13.8 Å². The summed E-state index contributed by atoms with van der Waals surface area (Å²) < 4.78 is 0. The van der Waals surface area contributed by atoms with Gasteiger partial charge in [0.1, 0.15) is 11.4 Å². The monoisotopic (exact) mass is 267 g/mol. The van der Waals surface area contributed by atoms with Crippen LogP contribution in [0.5, 0.6) is 5.75 Å². The number of hydrogen-bond acceptors (Lipinski definition) is 5. The fraction of sp³-hybridized carbons (Fsp3) is 0.417. The average molecular weight is 267 g/mol. The Kier molecular flexibility index (Phi) is 4.82. The van der Waals surface area contributed by atoms with Crippen molar-refractivity contribution in [1.29, 1.82) is 0 Å². The number of nitro groups is 1. The van der Waals surface area contributed by atoms with Gasteiger partial charge in [-0.2, -0.15) is 0 Å². The van der Waals surface area contributed by atoms with Gasteiger partial charge >= 0.3 is 0 Å². The van der Waals surface area contributed by atoms with Crippen molar-refractivity contribution in [2.24, 2.45) is 11.7 Å². The first-order valence-electron chi connectivity index (χ1n) is 5.85. The van der Waals surface area contributed by atoms with Crippen molar-refractivity contribution in [3.05, 3.63) is 28.3 Å². The van der Waals surface area contributed by atoms with Crippen LogP contribution in [0.15, 0.2) is 18.2 Å². The average Bonchev–Trinajstić information content (AvgIpc) is 2.30. The lowest BCUT2D eigenvalue weighted by Crippen LogP contribution is -2.36. The van der Waals surface area contributed by atoms with E-state index in [-0.39, 0.29) is 23.0 Å². The highest BCUT2D eigenvalue weighted by Crippen LogP contribution is 2.28. The minimum Gasteiger partial charge on any atom is -0.508 e. The molecule has 1 rings (SSSR count). The standard InChI is InChI=1S/C12H17N3O4/c1-7(2)5-9(13)12(17)14-10-4-3-8(16)6-11(10)15(18)19/h3-4,6-7,9,16H,5,13H2,1-2H3,(H,14,17)/t9-/m1/s1. The molecule has 0 aromatic heterocycles. The summed E-state index contributed by atoms with van der Waals surface area (Å²) in [7, 11) is 0. The number of phenolic OH excluding ortho intramolecular Hbond substituents is 1. The Bertz CT molecular complexity index is 488. The van der Waals surface area contributed by atoms with Crippen LogP contribution in [0.3, 0.4) is 0 Å². The second-order valence-corrected chi connectivity index (χ2v) is 4.68. The van der Waals surface area contributed by atoms with Crippen molar-refractivity contribution in [1.82, 2.24) is 0 Å². The number of benzene rings is 1. The van der Waals surface area contributed by atoms with Gasteiger partial charge in [0.25, 0.3) is 5.69 Å².